The molecule has 1 aromatic carbocycles. The first-order valence-electron chi connectivity index (χ1n) is 9.67. The average molecular weight is 473 g/mol. The van der Waals surface area contributed by atoms with Crippen molar-refractivity contribution in [3.8, 4) is 0 Å². The van der Waals surface area contributed by atoms with Gasteiger partial charge in [-0.15, -0.1) is 24.0 Å². The van der Waals surface area contributed by atoms with Crippen molar-refractivity contribution in [2.75, 3.05) is 19.7 Å². The highest BCUT2D eigenvalue weighted by molar-refractivity contribution is 14.0. The van der Waals surface area contributed by atoms with Crippen LogP contribution in [0.25, 0.3) is 0 Å². The fraction of sp³-hybridized carbons (Fsp3) is 0.650. The lowest BCUT2D eigenvalue weighted by atomic mass is 9.96. The van der Waals surface area contributed by atoms with E-state index in [4.69, 9.17) is 14.5 Å². The van der Waals surface area contributed by atoms with Gasteiger partial charge >= 0.3 is 0 Å². The van der Waals surface area contributed by atoms with Crippen LogP contribution in [0.1, 0.15) is 44.6 Å². The predicted molar refractivity (Wildman–Crippen MR) is 116 cm³/mol. The molecule has 5 nitrogen and oxygen atoms in total. The lowest BCUT2D eigenvalue weighted by Crippen LogP contribution is -2.47. The molecule has 2 aliphatic heterocycles. The van der Waals surface area contributed by atoms with Crippen molar-refractivity contribution in [2.24, 2.45) is 4.99 Å². The Morgan fingerprint density at radius 1 is 1.23 bits per heavy atom. The summed E-state index contributed by atoms with van der Waals surface area (Å²) in [6.45, 7) is 5.29. The van der Waals surface area contributed by atoms with Gasteiger partial charge in [0.05, 0.1) is 24.9 Å². The summed E-state index contributed by atoms with van der Waals surface area (Å²) >= 11 is 0. The van der Waals surface area contributed by atoms with Crippen LogP contribution < -0.4 is 10.6 Å². The maximum Gasteiger partial charge on any atom is 0.191 e. The minimum absolute atomic E-state index is 0. The molecule has 2 bridgehead atoms. The molecule has 0 aromatic heterocycles. The van der Waals surface area contributed by atoms with Crippen molar-refractivity contribution in [3.63, 3.8) is 0 Å². The number of hydrogen-bond acceptors (Lipinski definition) is 3. The Balaban J connectivity index is 0.00000243. The molecule has 2 aliphatic rings. The predicted octanol–water partition coefficient (Wildman–Crippen LogP) is 3.48. The van der Waals surface area contributed by atoms with Crippen molar-refractivity contribution in [2.45, 2.75) is 63.9 Å². The van der Waals surface area contributed by atoms with Gasteiger partial charge in [-0.25, -0.2) is 0 Å². The number of halogens is 1. The van der Waals surface area contributed by atoms with Crippen LogP contribution in [0.2, 0.25) is 0 Å². The smallest absolute Gasteiger partial charge is 0.191 e. The Morgan fingerprint density at radius 2 is 2.08 bits per heavy atom. The van der Waals surface area contributed by atoms with Crippen molar-refractivity contribution in [3.05, 3.63) is 35.9 Å². The molecule has 0 spiro atoms. The Bertz CT molecular complexity index is 541. The van der Waals surface area contributed by atoms with Crippen LogP contribution in [-0.4, -0.2) is 43.9 Å². The Morgan fingerprint density at radius 3 is 2.77 bits per heavy atom. The summed E-state index contributed by atoms with van der Waals surface area (Å²) < 4.78 is 11.6. The van der Waals surface area contributed by atoms with Crippen LogP contribution in [0.5, 0.6) is 0 Å². The zero-order chi connectivity index (χ0) is 17.3. The summed E-state index contributed by atoms with van der Waals surface area (Å²) in [4.78, 5) is 4.70. The molecule has 0 amide bonds. The van der Waals surface area contributed by atoms with Crippen molar-refractivity contribution < 1.29 is 9.47 Å². The molecule has 3 unspecified atom stereocenters. The third-order valence-corrected chi connectivity index (χ3v) is 4.85. The van der Waals surface area contributed by atoms with Crippen LogP contribution in [0.3, 0.4) is 0 Å². The standard InChI is InChI=1S/C20H31N3O2.HI/c1-2-21-20(23-18-14-17-10-11-19(18)25-17)22-12-6-7-13-24-15-16-8-4-3-5-9-16;/h3-5,8-9,17-19H,2,6-7,10-15H2,1H3,(H2,21,22,23);1H. The van der Waals surface area contributed by atoms with Gasteiger partial charge in [-0.05, 0) is 44.6 Å². The van der Waals surface area contributed by atoms with Gasteiger partial charge in [0.25, 0.3) is 0 Å². The molecule has 3 atom stereocenters. The summed E-state index contributed by atoms with van der Waals surface area (Å²) in [5.41, 5.74) is 1.23. The van der Waals surface area contributed by atoms with Crippen LogP contribution in [-0.2, 0) is 16.1 Å². The van der Waals surface area contributed by atoms with E-state index in [0.29, 0.717) is 24.9 Å². The number of aliphatic imine (C=N–C) groups is 1. The summed E-state index contributed by atoms with van der Waals surface area (Å²) in [6, 6.07) is 10.7. The average Bonchev–Trinajstić information content (AvgIpc) is 3.25. The van der Waals surface area contributed by atoms with E-state index in [2.05, 4.69) is 29.7 Å². The minimum atomic E-state index is 0. The fourth-order valence-corrected chi connectivity index (χ4v) is 3.56. The molecule has 2 saturated heterocycles. The molecule has 0 aliphatic carbocycles. The summed E-state index contributed by atoms with van der Waals surface area (Å²) in [6.07, 6.45) is 6.43. The second kappa shape index (κ2) is 11.8. The van der Waals surface area contributed by atoms with Crippen LogP contribution in [0, 0.1) is 0 Å². The van der Waals surface area contributed by atoms with E-state index in [1.807, 2.05) is 18.2 Å². The number of fused-ring (bicyclic) bond motifs is 2. The topological polar surface area (TPSA) is 54.9 Å². The van der Waals surface area contributed by atoms with Crippen molar-refractivity contribution in [1.29, 1.82) is 0 Å². The Kier molecular flexibility index (Phi) is 9.71. The van der Waals surface area contributed by atoms with Gasteiger partial charge in [-0.2, -0.15) is 0 Å². The fourth-order valence-electron chi connectivity index (χ4n) is 3.56. The monoisotopic (exact) mass is 473 g/mol. The van der Waals surface area contributed by atoms with Gasteiger partial charge in [0.2, 0.25) is 0 Å². The number of unbranched alkanes of at least 4 members (excludes halogenated alkanes) is 1. The maximum absolute atomic E-state index is 5.91. The number of guanidine groups is 1. The summed E-state index contributed by atoms with van der Waals surface area (Å²) in [7, 11) is 0. The Labute approximate surface area is 174 Å². The first-order chi connectivity index (χ1) is 12.3. The van der Waals surface area contributed by atoms with Gasteiger partial charge < -0.3 is 20.1 Å². The minimum Gasteiger partial charge on any atom is -0.377 e. The number of nitrogens with one attached hydrogen (secondary N) is 2. The highest BCUT2D eigenvalue weighted by Crippen LogP contribution is 2.34. The van der Waals surface area contributed by atoms with E-state index in [1.54, 1.807) is 0 Å². The quantitative estimate of drug-likeness (QED) is 0.250. The van der Waals surface area contributed by atoms with E-state index < -0.39 is 0 Å². The summed E-state index contributed by atoms with van der Waals surface area (Å²) in [5.74, 6) is 0.925. The zero-order valence-electron chi connectivity index (χ0n) is 15.7. The van der Waals surface area contributed by atoms with E-state index in [-0.39, 0.29) is 24.0 Å². The molecule has 0 saturated carbocycles. The number of benzene rings is 1. The molecule has 146 valence electrons. The first-order valence-corrected chi connectivity index (χ1v) is 9.67. The molecule has 0 radical (unpaired) electrons. The number of nitrogens with zero attached hydrogens (tertiary/aromatic N) is 1. The lowest BCUT2D eigenvalue weighted by molar-refractivity contribution is 0.0992. The summed E-state index contributed by atoms with van der Waals surface area (Å²) in [5, 5.41) is 6.90. The molecular weight excluding hydrogens is 441 g/mol. The van der Waals surface area contributed by atoms with Gasteiger partial charge in [0.15, 0.2) is 5.96 Å². The van der Waals surface area contributed by atoms with E-state index >= 15 is 0 Å². The highest BCUT2D eigenvalue weighted by Gasteiger charge is 2.41. The number of ether oxygens (including phenoxy) is 2. The Hall–Kier alpha value is -0.860. The van der Waals surface area contributed by atoms with Gasteiger partial charge in [-0.3, -0.25) is 4.99 Å². The van der Waals surface area contributed by atoms with E-state index in [1.165, 1.54) is 18.4 Å². The molecule has 3 rings (SSSR count). The highest BCUT2D eigenvalue weighted by atomic mass is 127. The number of hydrogen-bond donors (Lipinski definition) is 2. The maximum atomic E-state index is 5.91. The second-order valence-electron chi connectivity index (χ2n) is 6.87. The second-order valence-corrected chi connectivity index (χ2v) is 6.87. The van der Waals surface area contributed by atoms with Crippen LogP contribution in [0.15, 0.2) is 35.3 Å². The van der Waals surface area contributed by atoms with Gasteiger partial charge in [0, 0.05) is 19.7 Å². The third-order valence-electron chi connectivity index (χ3n) is 4.85. The zero-order valence-corrected chi connectivity index (χ0v) is 18.0. The molecule has 2 heterocycles. The van der Waals surface area contributed by atoms with Gasteiger partial charge in [-0.1, -0.05) is 30.3 Å². The normalized spacial score (nSPS) is 24.3. The largest absolute Gasteiger partial charge is 0.377 e. The molecule has 26 heavy (non-hydrogen) atoms. The van der Waals surface area contributed by atoms with Gasteiger partial charge in [0.1, 0.15) is 0 Å². The van der Waals surface area contributed by atoms with E-state index in [0.717, 1.165) is 44.9 Å². The molecular formula is C20H32IN3O2. The van der Waals surface area contributed by atoms with E-state index in [9.17, 15) is 0 Å². The molecule has 1 aromatic rings. The first kappa shape index (κ1) is 21.4. The van der Waals surface area contributed by atoms with Crippen molar-refractivity contribution in [1.82, 2.24) is 10.6 Å². The third kappa shape index (κ3) is 6.70. The van der Waals surface area contributed by atoms with Crippen molar-refractivity contribution >= 4 is 29.9 Å². The molecule has 6 heteroatoms. The van der Waals surface area contributed by atoms with Crippen LogP contribution >= 0.6 is 24.0 Å². The molecule has 2 N–H and O–H groups in total. The molecule has 2 fully saturated rings. The lowest BCUT2D eigenvalue weighted by Gasteiger charge is -2.22. The number of rotatable bonds is 9. The van der Waals surface area contributed by atoms with Crippen LogP contribution in [0.4, 0.5) is 0 Å². The SMILES string of the molecule is CCNC(=NCCCCOCc1ccccc1)NC1CC2CCC1O2.I.